The maximum atomic E-state index is 13.2. The van der Waals surface area contributed by atoms with E-state index in [0.29, 0.717) is 5.69 Å². The molecule has 182 valence electrons. The first kappa shape index (κ1) is 23.5. The van der Waals surface area contributed by atoms with E-state index in [1.54, 1.807) is 12.1 Å². The normalized spacial score (nSPS) is 16.8. The Bertz CT molecular complexity index is 1540. The Balaban J connectivity index is 1.69. The molecule has 8 nitrogen and oxygen atoms in total. The lowest BCUT2D eigenvalue weighted by atomic mass is 10.00. The Hall–Kier alpha value is -4.24. The van der Waals surface area contributed by atoms with Crippen LogP contribution < -0.4 is 14.8 Å². The highest BCUT2D eigenvalue weighted by atomic mass is 32.2. The molecule has 0 saturated heterocycles. The van der Waals surface area contributed by atoms with E-state index < -0.39 is 22.0 Å². The molecule has 4 aromatic rings. The van der Waals surface area contributed by atoms with E-state index in [1.165, 1.54) is 18.2 Å². The van der Waals surface area contributed by atoms with Gasteiger partial charge in [-0.2, -0.15) is 4.98 Å². The number of sulfonamides is 1. The third-order valence-electron chi connectivity index (χ3n) is 5.95. The van der Waals surface area contributed by atoms with Gasteiger partial charge in [0.15, 0.2) is 0 Å². The van der Waals surface area contributed by atoms with E-state index >= 15 is 0 Å². The molecule has 9 heteroatoms. The van der Waals surface area contributed by atoms with Crippen LogP contribution in [0.5, 0.6) is 5.88 Å². The standard InChI is InChI=1S/C27H24N4O4S/c1-17-8-6-9-18(2)25(17)22-15-24-30-27(29-22)31-36(33,34)21-13-7-12-20(14-21)26(32)28-16-23(35-24)19-10-4-3-5-11-19/h3-15,23H,16H2,1-2H3,(H,28,32)(H,29,30,31)/t23-/m0/s1. The second-order valence-corrected chi connectivity index (χ2v) is 10.2. The van der Waals surface area contributed by atoms with E-state index in [0.717, 1.165) is 22.3 Å². The summed E-state index contributed by atoms with van der Waals surface area (Å²) >= 11 is 0. The lowest BCUT2D eigenvalue weighted by Gasteiger charge is -2.20. The van der Waals surface area contributed by atoms with Gasteiger partial charge in [0.25, 0.3) is 15.9 Å². The van der Waals surface area contributed by atoms with Crippen molar-refractivity contribution in [1.29, 1.82) is 0 Å². The number of benzene rings is 3. The minimum atomic E-state index is -4.08. The first-order valence-electron chi connectivity index (χ1n) is 11.4. The molecule has 5 rings (SSSR count). The van der Waals surface area contributed by atoms with Crippen molar-refractivity contribution >= 4 is 21.9 Å². The topological polar surface area (TPSA) is 110 Å². The van der Waals surface area contributed by atoms with Crippen molar-refractivity contribution in [3.8, 4) is 17.1 Å². The molecule has 1 atom stereocenters. The summed E-state index contributed by atoms with van der Waals surface area (Å²) in [5.41, 5.74) is 4.38. The zero-order valence-electron chi connectivity index (χ0n) is 19.7. The summed E-state index contributed by atoms with van der Waals surface area (Å²) in [6.45, 7) is 4.07. The SMILES string of the molecule is Cc1cccc(C)c1-c1cc2nc(n1)NS(=O)(=O)c1cccc(c1)C(=O)NC[C@@H](c1ccccc1)O2. The van der Waals surface area contributed by atoms with Crippen LogP contribution in [0, 0.1) is 13.8 Å². The number of carbonyl (C=O) groups is 1. The summed E-state index contributed by atoms with van der Waals surface area (Å²) in [5.74, 6) is -0.361. The third-order valence-corrected chi connectivity index (χ3v) is 7.28. The molecule has 2 heterocycles. The van der Waals surface area contributed by atoms with Crippen LogP contribution in [0.2, 0.25) is 0 Å². The van der Waals surface area contributed by atoms with Crippen LogP contribution in [-0.4, -0.2) is 30.8 Å². The third kappa shape index (κ3) is 4.78. The van der Waals surface area contributed by atoms with Crippen LogP contribution in [0.15, 0.2) is 83.8 Å². The summed E-state index contributed by atoms with van der Waals surface area (Å²) in [7, 11) is -4.08. The molecular weight excluding hydrogens is 476 g/mol. The van der Waals surface area contributed by atoms with Gasteiger partial charge < -0.3 is 10.1 Å². The monoisotopic (exact) mass is 500 g/mol. The first-order chi connectivity index (χ1) is 17.3. The van der Waals surface area contributed by atoms with Gasteiger partial charge in [0.1, 0.15) is 6.10 Å². The Labute approximate surface area is 209 Å². The molecule has 3 aromatic carbocycles. The molecule has 1 aromatic heterocycles. The number of nitrogens with zero attached hydrogens (tertiary/aromatic N) is 2. The van der Waals surface area contributed by atoms with E-state index in [2.05, 4.69) is 20.0 Å². The van der Waals surface area contributed by atoms with Gasteiger partial charge in [-0.1, -0.05) is 54.6 Å². The molecule has 1 aliphatic heterocycles. The summed E-state index contributed by atoms with van der Waals surface area (Å²) in [5, 5.41) is 2.86. The minimum absolute atomic E-state index is 0.0717. The lowest BCUT2D eigenvalue weighted by molar-refractivity contribution is 0.0925. The van der Waals surface area contributed by atoms with Gasteiger partial charge >= 0.3 is 0 Å². The number of aromatic nitrogens is 2. The highest BCUT2D eigenvalue weighted by molar-refractivity contribution is 7.92. The Morgan fingerprint density at radius 2 is 1.61 bits per heavy atom. The highest BCUT2D eigenvalue weighted by Crippen LogP contribution is 2.31. The van der Waals surface area contributed by atoms with Crippen LogP contribution in [0.25, 0.3) is 11.3 Å². The van der Waals surface area contributed by atoms with E-state index in [4.69, 9.17) is 4.74 Å². The molecule has 1 aliphatic rings. The predicted molar refractivity (Wildman–Crippen MR) is 136 cm³/mol. The minimum Gasteiger partial charge on any atom is -0.467 e. The van der Waals surface area contributed by atoms with Gasteiger partial charge in [-0.05, 0) is 48.7 Å². The number of anilines is 1. The molecule has 0 saturated carbocycles. The molecule has 0 unspecified atom stereocenters. The van der Waals surface area contributed by atoms with Gasteiger partial charge in [0.2, 0.25) is 11.8 Å². The average Bonchev–Trinajstić information content (AvgIpc) is 2.86. The number of nitrogens with one attached hydrogen (secondary N) is 2. The van der Waals surface area contributed by atoms with Crippen molar-refractivity contribution in [3.63, 3.8) is 0 Å². The van der Waals surface area contributed by atoms with Crippen molar-refractivity contribution in [2.45, 2.75) is 24.8 Å². The fourth-order valence-corrected chi connectivity index (χ4v) is 5.18. The zero-order chi connectivity index (χ0) is 25.3. The maximum absolute atomic E-state index is 13.2. The summed E-state index contributed by atoms with van der Waals surface area (Å²) in [6.07, 6.45) is -0.579. The van der Waals surface area contributed by atoms with Crippen molar-refractivity contribution in [2.24, 2.45) is 0 Å². The second kappa shape index (κ2) is 9.43. The number of hydrogen-bond donors (Lipinski definition) is 2. The van der Waals surface area contributed by atoms with Crippen molar-refractivity contribution in [1.82, 2.24) is 15.3 Å². The molecule has 1 amide bonds. The smallest absolute Gasteiger partial charge is 0.264 e. The number of ether oxygens (including phenoxy) is 1. The zero-order valence-corrected chi connectivity index (χ0v) is 20.5. The number of rotatable bonds is 2. The molecule has 0 radical (unpaired) electrons. The van der Waals surface area contributed by atoms with Gasteiger partial charge in [0.05, 0.1) is 17.1 Å². The van der Waals surface area contributed by atoms with E-state index in [1.807, 2.05) is 62.4 Å². The van der Waals surface area contributed by atoms with Gasteiger partial charge in [-0.15, -0.1) is 0 Å². The van der Waals surface area contributed by atoms with Crippen LogP contribution in [0.3, 0.4) is 0 Å². The molecule has 0 fully saturated rings. The Morgan fingerprint density at radius 3 is 2.36 bits per heavy atom. The second-order valence-electron chi connectivity index (χ2n) is 8.54. The quantitative estimate of drug-likeness (QED) is 0.422. The van der Waals surface area contributed by atoms with E-state index in [9.17, 15) is 13.2 Å². The molecule has 4 bridgehead atoms. The first-order valence-corrected chi connectivity index (χ1v) is 12.9. The van der Waals surface area contributed by atoms with Gasteiger partial charge in [-0.25, -0.2) is 18.1 Å². The molecule has 0 aliphatic carbocycles. The Morgan fingerprint density at radius 1 is 0.889 bits per heavy atom. The van der Waals surface area contributed by atoms with Crippen LogP contribution >= 0.6 is 0 Å². The molecule has 0 spiro atoms. The Kier molecular flexibility index (Phi) is 6.15. The predicted octanol–water partition coefficient (Wildman–Crippen LogP) is 4.42. The summed E-state index contributed by atoms with van der Waals surface area (Å²) in [6, 6.07) is 22.8. The van der Waals surface area contributed by atoms with Gasteiger partial charge in [-0.3, -0.25) is 4.79 Å². The van der Waals surface area contributed by atoms with Crippen molar-refractivity contribution < 1.29 is 17.9 Å². The average molecular weight is 501 g/mol. The number of hydrogen-bond acceptors (Lipinski definition) is 6. The van der Waals surface area contributed by atoms with Gasteiger partial charge in [0, 0.05) is 17.2 Å². The fourth-order valence-electron chi connectivity index (χ4n) is 4.19. The molecular formula is C27H24N4O4S. The van der Waals surface area contributed by atoms with Crippen LogP contribution in [0.4, 0.5) is 5.95 Å². The number of fused-ring (bicyclic) bond motifs is 4. The fraction of sp³-hybridized carbons (Fsp3) is 0.148. The van der Waals surface area contributed by atoms with E-state index in [-0.39, 0.29) is 28.8 Å². The molecule has 36 heavy (non-hydrogen) atoms. The van der Waals surface area contributed by atoms with Crippen LogP contribution in [-0.2, 0) is 10.0 Å². The summed E-state index contributed by atoms with van der Waals surface area (Å²) < 4.78 is 35.1. The lowest BCUT2D eigenvalue weighted by Crippen LogP contribution is -2.30. The highest BCUT2D eigenvalue weighted by Gasteiger charge is 2.23. The van der Waals surface area contributed by atoms with Crippen LogP contribution in [0.1, 0.15) is 33.2 Å². The maximum Gasteiger partial charge on any atom is 0.264 e. The largest absolute Gasteiger partial charge is 0.467 e. The van der Waals surface area contributed by atoms with Crippen molar-refractivity contribution in [3.05, 3.63) is 101 Å². The van der Waals surface area contributed by atoms with Crippen molar-refractivity contribution in [2.75, 3.05) is 11.3 Å². The number of amides is 1. The molecule has 2 N–H and O–H groups in total. The number of aryl methyl sites for hydroxylation is 2. The summed E-state index contributed by atoms with van der Waals surface area (Å²) in [4.78, 5) is 21.7. The number of carbonyl (C=O) groups excluding carboxylic acids is 1.